The van der Waals surface area contributed by atoms with E-state index in [2.05, 4.69) is 15.6 Å². The number of carbonyl (C=O) groups excluding carboxylic acids is 3. The Balaban J connectivity index is 5.34. The maximum atomic E-state index is 12.7. The molecule has 4 atom stereocenters. The number of rotatable bonds is 16. The molecule has 0 aliphatic carbocycles. The molecule has 0 spiro atoms. The lowest BCUT2D eigenvalue weighted by atomic mass is 10.1. The molecule has 0 radical (unpaired) electrons. The van der Waals surface area contributed by atoms with Crippen LogP contribution in [0, 0.1) is 0 Å². The van der Waals surface area contributed by atoms with Gasteiger partial charge in [0.25, 0.3) is 0 Å². The van der Waals surface area contributed by atoms with Gasteiger partial charge in [0.15, 0.2) is 5.96 Å². The predicted octanol–water partition coefficient (Wildman–Crippen LogP) is -3.73. The Morgan fingerprint density at radius 3 is 1.88 bits per heavy atom. The number of nitrogens with zero attached hydrogens (tertiary/aromatic N) is 1. The number of carboxylic acids is 3. The van der Waals surface area contributed by atoms with Crippen molar-refractivity contribution >= 4 is 41.6 Å². The molecule has 12 N–H and O–H groups in total. The zero-order valence-corrected chi connectivity index (χ0v) is 18.5. The van der Waals surface area contributed by atoms with Gasteiger partial charge >= 0.3 is 17.9 Å². The number of hydrogen-bond donors (Lipinski definition) is 9. The molecule has 0 saturated heterocycles. The lowest BCUT2D eigenvalue weighted by molar-refractivity contribution is -0.143. The van der Waals surface area contributed by atoms with Gasteiger partial charge < -0.3 is 48.5 Å². The fourth-order valence-electron chi connectivity index (χ4n) is 2.50. The SMILES string of the molecule is CC(NC(=O)C(CC(=O)O)NC(=O)C(CCC(=O)O)NC(=O)C(N)CCCN=C(N)N)C(=O)O. The lowest BCUT2D eigenvalue weighted by Crippen LogP contribution is -2.57. The highest BCUT2D eigenvalue weighted by atomic mass is 16.4. The molecule has 3 amide bonds. The van der Waals surface area contributed by atoms with Crippen molar-refractivity contribution in [1.29, 1.82) is 0 Å². The average Bonchev–Trinajstić information content (AvgIpc) is 2.72. The fourth-order valence-corrected chi connectivity index (χ4v) is 2.50. The van der Waals surface area contributed by atoms with Crippen LogP contribution in [0.1, 0.15) is 39.0 Å². The number of guanidine groups is 1. The van der Waals surface area contributed by atoms with Gasteiger partial charge in [-0.2, -0.15) is 0 Å². The maximum Gasteiger partial charge on any atom is 0.325 e. The highest BCUT2D eigenvalue weighted by molar-refractivity contribution is 5.95. The smallest absolute Gasteiger partial charge is 0.325 e. The van der Waals surface area contributed by atoms with Gasteiger partial charge in [-0.05, 0) is 26.2 Å². The van der Waals surface area contributed by atoms with Gasteiger partial charge in [-0.1, -0.05) is 0 Å². The molecule has 192 valence electrons. The predicted molar refractivity (Wildman–Crippen MR) is 116 cm³/mol. The summed E-state index contributed by atoms with van der Waals surface area (Å²) in [6, 6.07) is -5.62. The summed E-state index contributed by atoms with van der Waals surface area (Å²) in [6.07, 6.45) is -1.35. The Hall–Kier alpha value is -3.95. The minimum Gasteiger partial charge on any atom is -0.481 e. The molecule has 0 saturated carbocycles. The van der Waals surface area contributed by atoms with Crippen LogP contribution in [0.15, 0.2) is 4.99 Å². The van der Waals surface area contributed by atoms with Crippen LogP contribution in [0.4, 0.5) is 0 Å². The molecule has 16 heteroatoms. The first-order chi connectivity index (χ1) is 15.7. The summed E-state index contributed by atoms with van der Waals surface area (Å²) in [5.74, 6) is -7.22. The molecule has 4 unspecified atom stereocenters. The molecule has 0 aromatic heterocycles. The topological polar surface area (TPSA) is 290 Å². The van der Waals surface area contributed by atoms with Gasteiger partial charge in [0.05, 0.1) is 12.5 Å². The van der Waals surface area contributed by atoms with E-state index in [0.29, 0.717) is 6.42 Å². The molecule has 34 heavy (non-hydrogen) atoms. The van der Waals surface area contributed by atoms with Gasteiger partial charge in [0.2, 0.25) is 17.7 Å². The van der Waals surface area contributed by atoms with Crippen molar-refractivity contribution in [1.82, 2.24) is 16.0 Å². The van der Waals surface area contributed by atoms with E-state index in [4.69, 9.17) is 32.5 Å². The highest BCUT2D eigenvalue weighted by Crippen LogP contribution is 2.04. The number of carbonyl (C=O) groups is 6. The molecule has 0 bridgehead atoms. The minimum absolute atomic E-state index is 0.132. The van der Waals surface area contributed by atoms with Crippen LogP contribution in [0.25, 0.3) is 0 Å². The normalized spacial score (nSPS) is 13.9. The van der Waals surface area contributed by atoms with Gasteiger partial charge in [-0.15, -0.1) is 0 Å². The van der Waals surface area contributed by atoms with E-state index in [1.165, 1.54) is 0 Å². The van der Waals surface area contributed by atoms with Crippen molar-refractivity contribution in [2.24, 2.45) is 22.2 Å². The zero-order chi connectivity index (χ0) is 26.4. The summed E-state index contributed by atoms with van der Waals surface area (Å²) in [5.41, 5.74) is 16.1. The van der Waals surface area contributed by atoms with Crippen LogP contribution in [0.2, 0.25) is 0 Å². The molecule has 0 rings (SSSR count). The van der Waals surface area contributed by atoms with E-state index in [-0.39, 0.29) is 25.3 Å². The van der Waals surface area contributed by atoms with E-state index < -0.39 is 72.6 Å². The quantitative estimate of drug-likeness (QED) is 0.0574. The van der Waals surface area contributed by atoms with E-state index in [1.807, 2.05) is 5.32 Å². The van der Waals surface area contributed by atoms with Crippen LogP contribution >= 0.6 is 0 Å². The third-order valence-electron chi connectivity index (χ3n) is 4.33. The van der Waals surface area contributed by atoms with Gasteiger partial charge in [0, 0.05) is 13.0 Å². The first-order valence-electron chi connectivity index (χ1n) is 10.1. The number of aliphatic carboxylic acids is 3. The third kappa shape index (κ3) is 12.8. The summed E-state index contributed by atoms with van der Waals surface area (Å²) < 4.78 is 0. The van der Waals surface area contributed by atoms with Crippen molar-refractivity contribution in [2.45, 2.75) is 63.2 Å². The van der Waals surface area contributed by atoms with Crippen LogP contribution in [-0.2, 0) is 28.8 Å². The highest BCUT2D eigenvalue weighted by Gasteiger charge is 2.31. The van der Waals surface area contributed by atoms with Crippen LogP contribution in [0.3, 0.4) is 0 Å². The van der Waals surface area contributed by atoms with E-state index >= 15 is 0 Å². The van der Waals surface area contributed by atoms with Crippen LogP contribution < -0.4 is 33.2 Å². The molecule has 0 aliphatic heterocycles. The van der Waals surface area contributed by atoms with Crippen molar-refractivity contribution < 1.29 is 44.1 Å². The number of aliphatic imine (C=N–C) groups is 1. The van der Waals surface area contributed by atoms with Gasteiger partial charge in [-0.3, -0.25) is 33.8 Å². The number of hydrogen-bond acceptors (Lipinski definition) is 8. The molecule has 0 aromatic carbocycles. The third-order valence-corrected chi connectivity index (χ3v) is 4.33. The van der Waals surface area contributed by atoms with E-state index in [9.17, 15) is 28.8 Å². The van der Waals surface area contributed by atoms with E-state index in [0.717, 1.165) is 6.92 Å². The van der Waals surface area contributed by atoms with Crippen LogP contribution in [-0.4, -0.2) is 87.6 Å². The van der Waals surface area contributed by atoms with Crippen molar-refractivity contribution in [3.63, 3.8) is 0 Å². The number of carboxylic acid groups (broad SMARTS) is 3. The van der Waals surface area contributed by atoms with Crippen molar-refractivity contribution in [3.8, 4) is 0 Å². The molecule has 0 aliphatic rings. The number of nitrogens with one attached hydrogen (secondary N) is 3. The molecule has 0 aromatic rings. The molecular formula is C18H31N7O9. The summed E-state index contributed by atoms with van der Waals surface area (Å²) in [5, 5.41) is 33.2. The summed E-state index contributed by atoms with van der Waals surface area (Å²) in [4.78, 5) is 74.0. The Labute approximate surface area is 194 Å². The second-order valence-corrected chi connectivity index (χ2v) is 7.28. The largest absolute Gasteiger partial charge is 0.481 e. The summed E-state index contributed by atoms with van der Waals surface area (Å²) in [7, 11) is 0. The van der Waals surface area contributed by atoms with E-state index in [1.54, 1.807) is 0 Å². The molecule has 16 nitrogen and oxygen atoms in total. The molecule has 0 heterocycles. The lowest BCUT2D eigenvalue weighted by Gasteiger charge is -2.24. The monoisotopic (exact) mass is 489 g/mol. The molecular weight excluding hydrogens is 458 g/mol. The molecule has 0 fully saturated rings. The van der Waals surface area contributed by atoms with Gasteiger partial charge in [-0.25, -0.2) is 0 Å². The summed E-state index contributed by atoms with van der Waals surface area (Å²) in [6.45, 7) is 1.33. The number of amides is 3. The Kier molecular flexibility index (Phi) is 13.2. The Bertz CT molecular complexity index is 799. The maximum absolute atomic E-state index is 12.7. The average molecular weight is 489 g/mol. The van der Waals surface area contributed by atoms with Crippen LogP contribution in [0.5, 0.6) is 0 Å². The first kappa shape index (κ1) is 30.1. The summed E-state index contributed by atoms with van der Waals surface area (Å²) >= 11 is 0. The zero-order valence-electron chi connectivity index (χ0n) is 18.5. The van der Waals surface area contributed by atoms with Gasteiger partial charge in [0.1, 0.15) is 18.1 Å². The second kappa shape index (κ2) is 15.0. The fraction of sp³-hybridized carbons (Fsp3) is 0.611. The minimum atomic E-state index is -1.69. The second-order valence-electron chi connectivity index (χ2n) is 7.28. The Morgan fingerprint density at radius 2 is 1.38 bits per heavy atom. The number of nitrogens with two attached hydrogens (primary N) is 3. The first-order valence-corrected chi connectivity index (χ1v) is 10.1. The van der Waals surface area contributed by atoms with Crippen molar-refractivity contribution in [3.05, 3.63) is 0 Å². The standard InChI is InChI=1S/C18H31N7O9/c1-8(17(33)34)23-16(32)11(7-13(28)29)25-15(31)10(4-5-12(26)27)24-14(30)9(19)3-2-6-22-18(20)21/h8-11H,2-7,19H2,1H3,(H,23,32)(H,24,30)(H,25,31)(H,26,27)(H,28,29)(H,33,34)(H4,20,21,22). The Morgan fingerprint density at radius 1 is 0.824 bits per heavy atom. The van der Waals surface area contributed by atoms with Crippen molar-refractivity contribution in [2.75, 3.05) is 6.54 Å².